The van der Waals surface area contributed by atoms with E-state index in [0.29, 0.717) is 18.0 Å². The minimum Gasteiger partial charge on any atom is -0.494 e. The van der Waals surface area contributed by atoms with Crippen molar-refractivity contribution in [2.24, 2.45) is 0 Å². The molecule has 0 spiro atoms. The Labute approximate surface area is 180 Å². The minimum atomic E-state index is -3.65. The molecule has 0 bridgehead atoms. The van der Waals surface area contributed by atoms with E-state index in [1.54, 1.807) is 24.3 Å². The number of benzene rings is 2. The molecule has 0 aliphatic rings. The van der Waals surface area contributed by atoms with E-state index in [1.165, 1.54) is 5.56 Å². The molecule has 0 aliphatic carbocycles. The van der Waals surface area contributed by atoms with Crippen molar-refractivity contribution in [3.63, 3.8) is 0 Å². The monoisotopic (exact) mass is 432 g/mol. The molecule has 1 N–H and O–H groups in total. The number of hydrogen-bond donors (Lipinski definition) is 1. The molecular formula is C23H32N2O4S. The number of amides is 1. The summed E-state index contributed by atoms with van der Waals surface area (Å²) in [5.41, 5.74) is 2.61. The van der Waals surface area contributed by atoms with Crippen molar-refractivity contribution in [1.29, 1.82) is 0 Å². The van der Waals surface area contributed by atoms with Gasteiger partial charge in [-0.1, -0.05) is 51.1 Å². The standard InChI is InChI=1S/C23H32N2O4S/c1-7-29-21-10-8-9-20(15-21)25(30(6,27)28)16-22(26)24-17(2)18-11-13-19(14-12-18)23(3,4)5/h8-15,17H,7,16H2,1-6H3,(H,24,26)/t17-/m1/s1. The molecule has 1 amide bonds. The van der Waals surface area contributed by atoms with Gasteiger partial charge in [-0.2, -0.15) is 0 Å². The zero-order valence-electron chi connectivity index (χ0n) is 18.6. The Morgan fingerprint density at radius 1 is 1.13 bits per heavy atom. The molecule has 30 heavy (non-hydrogen) atoms. The van der Waals surface area contributed by atoms with Gasteiger partial charge in [-0.15, -0.1) is 0 Å². The molecule has 0 saturated carbocycles. The third-order valence-electron chi connectivity index (χ3n) is 4.76. The molecule has 7 heteroatoms. The lowest BCUT2D eigenvalue weighted by molar-refractivity contribution is -0.120. The van der Waals surface area contributed by atoms with Crippen LogP contribution in [0.1, 0.15) is 51.8 Å². The van der Waals surface area contributed by atoms with Gasteiger partial charge in [0.2, 0.25) is 15.9 Å². The summed E-state index contributed by atoms with van der Waals surface area (Å²) < 4.78 is 31.2. The van der Waals surface area contributed by atoms with Crippen LogP contribution < -0.4 is 14.4 Å². The van der Waals surface area contributed by atoms with Crippen molar-refractivity contribution in [2.45, 2.75) is 46.1 Å². The number of nitrogens with one attached hydrogen (secondary N) is 1. The van der Waals surface area contributed by atoms with Crippen molar-refractivity contribution in [2.75, 3.05) is 23.7 Å². The van der Waals surface area contributed by atoms with Crippen LogP contribution in [0.3, 0.4) is 0 Å². The summed E-state index contributed by atoms with van der Waals surface area (Å²) in [6.07, 6.45) is 1.09. The number of hydrogen-bond acceptors (Lipinski definition) is 4. The van der Waals surface area contributed by atoms with Crippen molar-refractivity contribution < 1.29 is 17.9 Å². The van der Waals surface area contributed by atoms with Crippen LogP contribution in [0.15, 0.2) is 48.5 Å². The van der Waals surface area contributed by atoms with Crippen LogP contribution in [0.5, 0.6) is 5.75 Å². The average molecular weight is 433 g/mol. The number of rotatable bonds is 8. The van der Waals surface area contributed by atoms with E-state index < -0.39 is 10.0 Å². The predicted molar refractivity (Wildman–Crippen MR) is 122 cm³/mol. The summed E-state index contributed by atoms with van der Waals surface area (Å²) in [6.45, 7) is 10.3. The largest absolute Gasteiger partial charge is 0.494 e. The first-order chi connectivity index (χ1) is 13.9. The molecule has 0 heterocycles. The Morgan fingerprint density at radius 3 is 2.30 bits per heavy atom. The number of carbonyl (C=O) groups excluding carboxylic acids is 1. The lowest BCUT2D eigenvalue weighted by atomic mass is 9.86. The van der Waals surface area contributed by atoms with Crippen LogP contribution >= 0.6 is 0 Å². The number of carbonyl (C=O) groups is 1. The second kappa shape index (κ2) is 9.51. The van der Waals surface area contributed by atoms with E-state index in [-0.39, 0.29) is 23.9 Å². The second-order valence-corrected chi connectivity index (χ2v) is 10.3. The molecule has 2 rings (SSSR count). The first kappa shape index (κ1) is 23.7. The van der Waals surface area contributed by atoms with Gasteiger partial charge in [0.05, 0.1) is 24.6 Å². The Balaban J connectivity index is 2.14. The third-order valence-corrected chi connectivity index (χ3v) is 5.90. The fourth-order valence-electron chi connectivity index (χ4n) is 3.07. The van der Waals surface area contributed by atoms with E-state index in [9.17, 15) is 13.2 Å². The van der Waals surface area contributed by atoms with Gasteiger partial charge >= 0.3 is 0 Å². The zero-order chi connectivity index (χ0) is 22.5. The van der Waals surface area contributed by atoms with Crippen LogP contribution in [0.4, 0.5) is 5.69 Å². The number of sulfonamides is 1. The van der Waals surface area contributed by atoms with E-state index in [0.717, 1.165) is 16.1 Å². The fraction of sp³-hybridized carbons (Fsp3) is 0.435. The van der Waals surface area contributed by atoms with Crippen molar-refractivity contribution in [3.05, 3.63) is 59.7 Å². The Kier molecular flexibility index (Phi) is 7.53. The van der Waals surface area contributed by atoms with Crippen LogP contribution in [0.2, 0.25) is 0 Å². The van der Waals surface area contributed by atoms with E-state index in [4.69, 9.17) is 4.74 Å². The van der Waals surface area contributed by atoms with Gasteiger partial charge in [0.15, 0.2) is 0 Å². The molecule has 0 aromatic heterocycles. The molecule has 1 atom stereocenters. The van der Waals surface area contributed by atoms with Gasteiger partial charge in [0.25, 0.3) is 0 Å². The maximum atomic E-state index is 12.6. The van der Waals surface area contributed by atoms with Gasteiger partial charge in [0, 0.05) is 6.07 Å². The normalized spacial score (nSPS) is 12.9. The van der Waals surface area contributed by atoms with Crippen LogP contribution in [0.25, 0.3) is 0 Å². The van der Waals surface area contributed by atoms with E-state index >= 15 is 0 Å². The molecule has 0 fully saturated rings. The van der Waals surface area contributed by atoms with Crippen LogP contribution in [-0.2, 0) is 20.2 Å². The van der Waals surface area contributed by atoms with Crippen molar-refractivity contribution >= 4 is 21.6 Å². The predicted octanol–water partition coefficient (Wildman–Crippen LogP) is 4.03. The van der Waals surface area contributed by atoms with Gasteiger partial charge in [-0.25, -0.2) is 8.42 Å². The molecule has 164 valence electrons. The summed E-state index contributed by atoms with van der Waals surface area (Å²) in [4.78, 5) is 12.6. The number of anilines is 1. The maximum absolute atomic E-state index is 12.6. The smallest absolute Gasteiger partial charge is 0.241 e. The SMILES string of the molecule is CCOc1cccc(N(CC(=O)N[C@H](C)c2ccc(C(C)(C)C)cc2)S(C)(=O)=O)c1. The summed E-state index contributed by atoms with van der Waals surface area (Å²) in [5, 5.41) is 2.89. The lowest BCUT2D eigenvalue weighted by Gasteiger charge is -2.24. The van der Waals surface area contributed by atoms with Crippen molar-refractivity contribution in [3.8, 4) is 5.75 Å². The van der Waals surface area contributed by atoms with Gasteiger partial charge in [-0.05, 0) is 42.5 Å². The van der Waals surface area contributed by atoms with Gasteiger partial charge < -0.3 is 10.1 Å². The quantitative estimate of drug-likeness (QED) is 0.683. The number of ether oxygens (including phenoxy) is 1. The molecular weight excluding hydrogens is 400 g/mol. The Morgan fingerprint density at radius 2 is 1.77 bits per heavy atom. The summed E-state index contributed by atoms with van der Waals surface area (Å²) in [6, 6.07) is 14.6. The maximum Gasteiger partial charge on any atom is 0.241 e. The minimum absolute atomic E-state index is 0.0526. The molecule has 2 aromatic carbocycles. The second-order valence-electron chi connectivity index (χ2n) is 8.36. The zero-order valence-corrected chi connectivity index (χ0v) is 19.4. The van der Waals surface area contributed by atoms with Gasteiger partial charge in [0.1, 0.15) is 12.3 Å². The Bertz CT molecular complexity index is 963. The molecule has 0 radical (unpaired) electrons. The molecule has 0 aliphatic heterocycles. The first-order valence-corrected chi connectivity index (χ1v) is 11.9. The Hall–Kier alpha value is -2.54. The molecule has 6 nitrogen and oxygen atoms in total. The third kappa shape index (κ3) is 6.49. The van der Waals surface area contributed by atoms with Crippen LogP contribution in [0, 0.1) is 0 Å². The number of nitrogens with zero attached hydrogens (tertiary/aromatic N) is 1. The highest BCUT2D eigenvalue weighted by Gasteiger charge is 2.22. The van der Waals surface area contributed by atoms with Crippen LogP contribution in [-0.4, -0.2) is 33.7 Å². The lowest BCUT2D eigenvalue weighted by Crippen LogP contribution is -2.41. The fourth-order valence-corrected chi connectivity index (χ4v) is 3.92. The van der Waals surface area contributed by atoms with Gasteiger partial charge in [-0.3, -0.25) is 9.10 Å². The highest BCUT2D eigenvalue weighted by atomic mass is 32.2. The van der Waals surface area contributed by atoms with E-state index in [2.05, 4.69) is 38.2 Å². The first-order valence-electron chi connectivity index (χ1n) is 10.0. The van der Waals surface area contributed by atoms with E-state index in [1.807, 2.05) is 26.0 Å². The highest BCUT2D eigenvalue weighted by Crippen LogP contribution is 2.25. The summed E-state index contributed by atoms with van der Waals surface area (Å²) in [5.74, 6) is 0.172. The molecule has 0 unspecified atom stereocenters. The average Bonchev–Trinajstić information content (AvgIpc) is 2.65. The molecule has 2 aromatic rings. The molecule has 0 saturated heterocycles. The summed E-state index contributed by atoms with van der Waals surface area (Å²) in [7, 11) is -3.65. The topological polar surface area (TPSA) is 75.7 Å². The summed E-state index contributed by atoms with van der Waals surface area (Å²) >= 11 is 0. The highest BCUT2D eigenvalue weighted by molar-refractivity contribution is 7.92. The van der Waals surface area contributed by atoms with Crippen molar-refractivity contribution in [1.82, 2.24) is 5.32 Å².